The van der Waals surface area contributed by atoms with Crippen molar-refractivity contribution in [2.75, 3.05) is 20.2 Å². The van der Waals surface area contributed by atoms with Gasteiger partial charge in [-0.05, 0) is 66.2 Å². The number of likely N-dealkylation sites (N-methyl/N-ethyl adjacent to an activating group) is 2. The van der Waals surface area contributed by atoms with E-state index in [1.807, 2.05) is 63.4 Å². The topological polar surface area (TPSA) is 42.0 Å². The molecule has 5 nitrogen and oxygen atoms in total. The van der Waals surface area contributed by atoms with E-state index in [1.54, 1.807) is 9.80 Å². The van der Waals surface area contributed by atoms with Gasteiger partial charge in [-0.15, -0.1) is 0 Å². The summed E-state index contributed by atoms with van der Waals surface area (Å²) < 4.78 is 12.0. The predicted molar refractivity (Wildman–Crippen MR) is 132 cm³/mol. The molecule has 164 valence electrons. The molecule has 0 bridgehead atoms. The van der Waals surface area contributed by atoms with Crippen molar-refractivity contribution < 1.29 is 14.3 Å². The van der Waals surface area contributed by atoms with E-state index < -0.39 is 0 Å². The van der Waals surface area contributed by atoms with Crippen molar-refractivity contribution in [2.24, 2.45) is 0 Å². The molecule has 0 saturated carbocycles. The summed E-state index contributed by atoms with van der Waals surface area (Å²) in [5, 5.41) is 2.88. The Morgan fingerprint density at radius 3 is 2.50 bits per heavy atom. The molecule has 0 N–H and O–H groups in total. The molecule has 3 aromatic rings. The fourth-order valence-corrected chi connectivity index (χ4v) is 4.13. The van der Waals surface area contributed by atoms with Gasteiger partial charge in [-0.3, -0.25) is 9.69 Å². The molecule has 3 aromatic carbocycles. The van der Waals surface area contributed by atoms with Crippen LogP contribution in [0.3, 0.4) is 0 Å². The lowest BCUT2D eigenvalue weighted by molar-refractivity contribution is -0.122. The van der Waals surface area contributed by atoms with E-state index in [9.17, 15) is 4.79 Å². The number of carbonyl (C=O) groups is 1. The van der Waals surface area contributed by atoms with E-state index in [-0.39, 0.29) is 5.91 Å². The second-order valence-corrected chi connectivity index (χ2v) is 7.85. The highest BCUT2D eigenvalue weighted by molar-refractivity contribution is 7.80. The summed E-state index contributed by atoms with van der Waals surface area (Å²) in [5.74, 6) is 1.22. The maximum Gasteiger partial charge on any atom is 0.276 e. The highest BCUT2D eigenvalue weighted by atomic mass is 32.1. The standard InChI is InChI=1S/C26H26N2O3S/c1-4-28-25(29)22(27(3)26(28)32)15-18-13-14-23(24(16-18)30-5-2)31-17-20-11-8-10-19-9-6-7-12-21(19)20/h6-16H,4-5,17H2,1-3H3/b22-15-. The molecule has 1 aliphatic rings. The quantitative estimate of drug-likeness (QED) is 0.367. The van der Waals surface area contributed by atoms with Gasteiger partial charge in [-0.1, -0.05) is 48.5 Å². The molecule has 0 radical (unpaired) electrons. The van der Waals surface area contributed by atoms with E-state index in [2.05, 4.69) is 24.3 Å². The van der Waals surface area contributed by atoms with Gasteiger partial charge in [0.1, 0.15) is 12.3 Å². The smallest absolute Gasteiger partial charge is 0.276 e. The zero-order valence-corrected chi connectivity index (χ0v) is 19.3. The van der Waals surface area contributed by atoms with Gasteiger partial charge in [-0.25, -0.2) is 0 Å². The van der Waals surface area contributed by atoms with Crippen molar-refractivity contribution in [3.05, 3.63) is 77.5 Å². The van der Waals surface area contributed by atoms with Crippen LogP contribution in [0.4, 0.5) is 0 Å². The Morgan fingerprint density at radius 1 is 0.969 bits per heavy atom. The highest BCUT2D eigenvalue weighted by Gasteiger charge is 2.34. The first-order valence-electron chi connectivity index (χ1n) is 10.7. The average Bonchev–Trinajstić information content (AvgIpc) is 3.01. The number of hydrogen-bond acceptors (Lipinski definition) is 4. The Morgan fingerprint density at radius 2 is 1.75 bits per heavy atom. The number of ether oxygens (including phenoxy) is 2. The van der Waals surface area contributed by atoms with Crippen LogP contribution in [-0.2, 0) is 11.4 Å². The van der Waals surface area contributed by atoms with Crippen molar-refractivity contribution in [3.8, 4) is 11.5 Å². The zero-order valence-electron chi connectivity index (χ0n) is 18.5. The minimum atomic E-state index is -0.0887. The minimum absolute atomic E-state index is 0.0887. The average molecular weight is 447 g/mol. The van der Waals surface area contributed by atoms with Gasteiger partial charge in [0, 0.05) is 13.6 Å². The Labute approximate surface area is 193 Å². The maximum absolute atomic E-state index is 12.7. The molecule has 0 aliphatic carbocycles. The van der Waals surface area contributed by atoms with E-state index >= 15 is 0 Å². The van der Waals surface area contributed by atoms with Gasteiger partial charge < -0.3 is 14.4 Å². The molecule has 0 atom stereocenters. The monoisotopic (exact) mass is 446 g/mol. The van der Waals surface area contributed by atoms with Gasteiger partial charge >= 0.3 is 0 Å². The number of nitrogens with zero attached hydrogens (tertiary/aromatic N) is 2. The predicted octanol–water partition coefficient (Wildman–Crippen LogP) is 5.24. The Balaban J connectivity index is 1.60. The summed E-state index contributed by atoms with van der Waals surface area (Å²) >= 11 is 5.38. The second-order valence-electron chi connectivity index (χ2n) is 7.49. The summed E-state index contributed by atoms with van der Waals surface area (Å²) in [6.07, 6.45) is 1.83. The lowest BCUT2D eigenvalue weighted by Crippen LogP contribution is -2.30. The number of rotatable bonds is 7. The first kappa shape index (κ1) is 21.8. The molecular formula is C26H26N2O3S. The maximum atomic E-state index is 12.7. The largest absolute Gasteiger partial charge is 0.490 e. The van der Waals surface area contributed by atoms with Crippen molar-refractivity contribution >= 4 is 40.1 Å². The van der Waals surface area contributed by atoms with E-state index in [1.165, 1.54) is 10.8 Å². The molecular weight excluding hydrogens is 420 g/mol. The SMILES string of the molecule is CCOc1cc(/C=C2/C(=O)N(CC)C(=S)N2C)ccc1OCc1cccc2ccccc12. The molecule has 1 aliphatic heterocycles. The molecule has 1 saturated heterocycles. The minimum Gasteiger partial charge on any atom is -0.490 e. The van der Waals surface area contributed by atoms with Crippen LogP contribution in [0, 0.1) is 0 Å². The molecule has 6 heteroatoms. The fraction of sp³-hybridized carbons (Fsp3) is 0.231. The molecule has 1 heterocycles. The summed E-state index contributed by atoms with van der Waals surface area (Å²) in [4.78, 5) is 16.0. The first-order chi connectivity index (χ1) is 15.5. The van der Waals surface area contributed by atoms with Crippen LogP contribution in [0.2, 0.25) is 0 Å². The molecule has 0 spiro atoms. The van der Waals surface area contributed by atoms with Crippen LogP contribution in [-0.4, -0.2) is 41.0 Å². The molecule has 1 amide bonds. The van der Waals surface area contributed by atoms with Crippen molar-refractivity contribution in [2.45, 2.75) is 20.5 Å². The van der Waals surface area contributed by atoms with Crippen molar-refractivity contribution in [3.63, 3.8) is 0 Å². The van der Waals surface area contributed by atoms with Gasteiger partial charge in [-0.2, -0.15) is 0 Å². The van der Waals surface area contributed by atoms with Gasteiger partial charge in [0.25, 0.3) is 5.91 Å². The van der Waals surface area contributed by atoms with Crippen molar-refractivity contribution in [1.82, 2.24) is 9.80 Å². The third-order valence-electron chi connectivity index (χ3n) is 5.49. The van der Waals surface area contributed by atoms with Crippen LogP contribution in [0.25, 0.3) is 16.8 Å². The lowest BCUT2D eigenvalue weighted by Gasteiger charge is -2.15. The third-order valence-corrected chi connectivity index (χ3v) is 5.99. The fourth-order valence-electron chi connectivity index (χ4n) is 3.82. The Bertz CT molecular complexity index is 1200. The first-order valence-corrected chi connectivity index (χ1v) is 11.1. The van der Waals surface area contributed by atoms with Gasteiger partial charge in [0.2, 0.25) is 0 Å². The van der Waals surface area contributed by atoms with Crippen molar-refractivity contribution in [1.29, 1.82) is 0 Å². The zero-order chi connectivity index (χ0) is 22.7. The molecule has 1 fully saturated rings. The number of carbonyl (C=O) groups excluding carboxylic acids is 1. The molecule has 4 rings (SSSR count). The van der Waals surface area contributed by atoms with Crippen LogP contribution >= 0.6 is 12.2 Å². The summed E-state index contributed by atoms with van der Waals surface area (Å²) in [5.41, 5.74) is 2.51. The summed E-state index contributed by atoms with van der Waals surface area (Å²) in [6, 6.07) is 20.2. The summed E-state index contributed by atoms with van der Waals surface area (Å²) in [6.45, 7) is 5.34. The number of hydrogen-bond donors (Lipinski definition) is 0. The summed E-state index contributed by atoms with van der Waals surface area (Å²) in [7, 11) is 1.81. The Kier molecular flexibility index (Phi) is 6.42. The normalized spacial score (nSPS) is 15.2. The van der Waals surface area contributed by atoms with Gasteiger partial charge in [0.15, 0.2) is 16.6 Å². The molecule has 0 unspecified atom stereocenters. The second kappa shape index (κ2) is 9.40. The lowest BCUT2D eigenvalue weighted by atomic mass is 10.1. The number of benzene rings is 3. The van der Waals surface area contributed by atoms with Crippen LogP contribution < -0.4 is 9.47 Å². The molecule has 32 heavy (non-hydrogen) atoms. The van der Waals surface area contributed by atoms with E-state index in [4.69, 9.17) is 21.7 Å². The number of amides is 1. The van der Waals surface area contributed by atoms with Crippen LogP contribution in [0.5, 0.6) is 11.5 Å². The van der Waals surface area contributed by atoms with Crippen LogP contribution in [0.1, 0.15) is 25.0 Å². The number of fused-ring (bicyclic) bond motifs is 1. The van der Waals surface area contributed by atoms with E-state index in [0.717, 1.165) is 11.1 Å². The number of thiocarbonyl (C=S) groups is 1. The van der Waals surface area contributed by atoms with Crippen LogP contribution in [0.15, 0.2) is 66.4 Å². The van der Waals surface area contributed by atoms with E-state index in [0.29, 0.717) is 42.1 Å². The highest BCUT2D eigenvalue weighted by Crippen LogP contribution is 2.32. The molecule has 0 aromatic heterocycles. The third kappa shape index (κ3) is 4.18. The van der Waals surface area contributed by atoms with Gasteiger partial charge in [0.05, 0.1) is 6.61 Å². The Hall–Kier alpha value is -3.38.